The molecule has 322 valence electrons. The van der Waals surface area contributed by atoms with Crippen molar-refractivity contribution in [2.24, 2.45) is 62.1 Å². The first-order chi connectivity index (χ1) is 26.5. The molecule has 0 radical (unpaired) electrons. The third-order valence-electron chi connectivity index (χ3n) is 18.0. The van der Waals surface area contributed by atoms with Gasteiger partial charge in [0, 0.05) is 42.8 Å². The van der Waals surface area contributed by atoms with Gasteiger partial charge in [-0.05, 0) is 138 Å². The highest BCUT2D eigenvalue weighted by Gasteiger charge is 2.71. The normalized spacial score (nSPS) is 37.3. The molecule has 0 aliphatic heterocycles. The lowest BCUT2D eigenvalue weighted by Crippen LogP contribution is -2.66. The van der Waals surface area contributed by atoms with Gasteiger partial charge in [-0.3, -0.25) is 19.2 Å². The molecule has 5 fully saturated rings. The summed E-state index contributed by atoms with van der Waals surface area (Å²) in [5.74, 6) is 0.0470. The first kappa shape index (κ1) is 44.3. The summed E-state index contributed by atoms with van der Waals surface area (Å²) in [4.78, 5) is 57.5. The molecule has 6 aliphatic carbocycles. The number of nitrogens with zero attached hydrogens (tertiary/aromatic N) is 2. The van der Waals surface area contributed by atoms with Crippen molar-refractivity contribution in [3.8, 4) is 0 Å². The standard InChI is InChI=1S/C48H78N2O7/c1-30(2)39-33(51)27-48(36(52)29-50(26-25-49(10)11)41(54)31-15-13-12-14-16-31)24-23-46(8)32(40(39)48)17-18-35-45(7)21-20-37(57-38(53)28-43(3,4)42(55)56)44(5,6)34(45)19-22-47(35,46)9/h30-32,34-37,52H,12-29H2,1-11H3,(H,55,56)/t32-,34?,35-,36-,37+,45+,46-,47-,48+/m1/s1. The number of esters is 1. The second kappa shape index (κ2) is 15.6. The van der Waals surface area contributed by atoms with Crippen LogP contribution in [0.2, 0.25) is 0 Å². The van der Waals surface area contributed by atoms with Gasteiger partial charge in [-0.25, -0.2) is 0 Å². The fourth-order valence-electron chi connectivity index (χ4n) is 14.5. The molecular formula is C48H78N2O7. The fourth-order valence-corrected chi connectivity index (χ4v) is 14.5. The highest BCUT2D eigenvalue weighted by Crippen LogP contribution is 2.77. The predicted octanol–water partition coefficient (Wildman–Crippen LogP) is 8.71. The Kier molecular flexibility index (Phi) is 12.2. The first-order valence-electron chi connectivity index (χ1n) is 22.8. The predicted molar refractivity (Wildman–Crippen MR) is 223 cm³/mol. The van der Waals surface area contributed by atoms with Gasteiger partial charge in [0.05, 0.1) is 17.9 Å². The van der Waals surface area contributed by atoms with E-state index in [4.69, 9.17) is 4.74 Å². The Morgan fingerprint density at radius 2 is 1.51 bits per heavy atom. The molecule has 6 aliphatic rings. The average molecular weight is 795 g/mol. The number of carboxylic acid groups (broad SMARTS) is 1. The lowest BCUT2D eigenvalue weighted by atomic mass is 9.33. The minimum atomic E-state index is -1.18. The Morgan fingerprint density at radius 3 is 2.12 bits per heavy atom. The van der Waals surface area contributed by atoms with Crippen LogP contribution in [-0.2, 0) is 23.9 Å². The zero-order valence-corrected chi connectivity index (χ0v) is 37.6. The van der Waals surface area contributed by atoms with Crippen LogP contribution in [0.25, 0.3) is 0 Å². The summed E-state index contributed by atoms with van der Waals surface area (Å²) in [5.41, 5.74) is 0.103. The van der Waals surface area contributed by atoms with Gasteiger partial charge in [-0.2, -0.15) is 0 Å². The molecule has 9 nitrogen and oxygen atoms in total. The van der Waals surface area contributed by atoms with Crippen LogP contribution in [0.15, 0.2) is 11.1 Å². The van der Waals surface area contributed by atoms with Crippen molar-refractivity contribution in [2.75, 3.05) is 33.7 Å². The molecule has 0 spiro atoms. The number of carbonyl (C=O) groups excluding carboxylic acids is 3. The number of rotatable bonds is 12. The molecule has 1 amide bonds. The third-order valence-corrected chi connectivity index (χ3v) is 18.0. The number of carboxylic acids is 1. The summed E-state index contributed by atoms with van der Waals surface area (Å²) in [5, 5.41) is 22.3. The van der Waals surface area contributed by atoms with Crippen molar-refractivity contribution in [1.82, 2.24) is 9.80 Å². The van der Waals surface area contributed by atoms with Gasteiger partial charge in [-0.1, -0.05) is 73.3 Å². The molecule has 0 aromatic rings. The van der Waals surface area contributed by atoms with Gasteiger partial charge in [0.1, 0.15) is 6.10 Å². The van der Waals surface area contributed by atoms with Gasteiger partial charge in [0.15, 0.2) is 5.78 Å². The molecule has 9 heteroatoms. The van der Waals surface area contributed by atoms with Crippen molar-refractivity contribution in [2.45, 2.75) is 171 Å². The van der Waals surface area contributed by atoms with E-state index < -0.39 is 28.9 Å². The van der Waals surface area contributed by atoms with Crippen LogP contribution < -0.4 is 0 Å². The monoisotopic (exact) mass is 795 g/mol. The topological polar surface area (TPSA) is 124 Å². The number of fused-ring (bicyclic) bond motifs is 7. The minimum absolute atomic E-state index is 0.0127. The second-order valence-corrected chi connectivity index (χ2v) is 22.5. The number of Topliss-reactive ketones (excluding diaryl/α,β-unsaturated/α-hetero) is 1. The van der Waals surface area contributed by atoms with E-state index >= 15 is 0 Å². The molecule has 0 saturated heterocycles. The Bertz CT molecular complexity index is 1610. The molecule has 9 atom stereocenters. The second-order valence-electron chi connectivity index (χ2n) is 22.5. The number of amides is 1. The fraction of sp³-hybridized carbons (Fsp3) is 0.875. The Morgan fingerprint density at radius 1 is 0.842 bits per heavy atom. The van der Waals surface area contributed by atoms with Crippen LogP contribution in [0, 0.1) is 62.1 Å². The number of ether oxygens (including phenoxy) is 1. The zero-order valence-electron chi connectivity index (χ0n) is 37.6. The summed E-state index contributed by atoms with van der Waals surface area (Å²) in [6.07, 6.45) is 11.9. The molecule has 0 aromatic heterocycles. The summed E-state index contributed by atoms with van der Waals surface area (Å²) >= 11 is 0. The smallest absolute Gasteiger partial charge is 0.309 e. The summed E-state index contributed by atoms with van der Waals surface area (Å²) in [7, 11) is 4.06. The third kappa shape index (κ3) is 7.37. The van der Waals surface area contributed by atoms with E-state index in [1.165, 1.54) is 12.0 Å². The number of allylic oxidation sites excluding steroid dienone is 1. The Labute approximate surface area is 344 Å². The van der Waals surface area contributed by atoms with Gasteiger partial charge in [0.2, 0.25) is 5.91 Å². The van der Waals surface area contributed by atoms with Gasteiger partial charge in [-0.15, -0.1) is 0 Å². The Hall–Kier alpha value is -2.26. The van der Waals surface area contributed by atoms with E-state index in [1.807, 2.05) is 19.0 Å². The number of likely N-dealkylation sites (N-methyl/N-ethyl adjacent to an activating group) is 1. The van der Waals surface area contributed by atoms with E-state index in [0.717, 1.165) is 89.2 Å². The van der Waals surface area contributed by atoms with Crippen LogP contribution in [0.3, 0.4) is 0 Å². The number of aliphatic hydroxyl groups excluding tert-OH is 1. The lowest BCUT2D eigenvalue weighted by molar-refractivity contribution is -0.235. The largest absolute Gasteiger partial charge is 0.481 e. The van der Waals surface area contributed by atoms with Crippen LogP contribution in [0.4, 0.5) is 0 Å². The number of hydrogen-bond donors (Lipinski definition) is 2. The van der Waals surface area contributed by atoms with E-state index in [1.54, 1.807) is 13.8 Å². The van der Waals surface area contributed by atoms with Crippen LogP contribution >= 0.6 is 0 Å². The molecule has 1 unspecified atom stereocenters. The van der Waals surface area contributed by atoms with Gasteiger partial charge in [0.25, 0.3) is 0 Å². The minimum Gasteiger partial charge on any atom is -0.481 e. The number of hydrogen-bond acceptors (Lipinski definition) is 7. The molecule has 0 aromatic carbocycles. The maximum atomic E-state index is 14.3. The van der Waals surface area contributed by atoms with Crippen molar-refractivity contribution in [3.05, 3.63) is 11.1 Å². The van der Waals surface area contributed by atoms with Gasteiger partial charge >= 0.3 is 11.9 Å². The van der Waals surface area contributed by atoms with Crippen molar-refractivity contribution in [3.63, 3.8) is 0 Å². The van der Waals surface area contributed by atoms with Crippen molar-refractivity contribution < 1.29 is 34.1 Å². The summed E-state index contributed by atoms with van der Waals surface area (Å²) < 4.78 is 6.19. The molecular weight excluding hydrogens is 717 g/mol. The number of ketones is 1. The van der Waals surface area contributed by atoms with Gasteiger partial charge < -0.3 is 24.7 Å². The SMILES string of the molecule is CC(C)C1=C2[C@H]3CC[C@@H]4[C@@]5(C)CC[C@H](OC(=O)CC(C)(C)C(=O)O)C(C)(C)C5CC[C@@]4(C)[C@]3(C)CC[C@@]2([C@H](O)CN(CCN(C)C)C(=O)C2CCCCC2)CC1=O. The van der Waals surface area contributed by atoms with Crippen LogP contribution in [0.1, 0.15) is 159 Å². The first-order valence-corrected chi connectivity index (χ1v) is 22.8. The highest BCUT2D eigenvalue weighted by atomic mass is 16.5. The van der Waals surface area contributed by atoms with E-state index in [2.05, 4.69) is 53.4 Å². The highest BCUT2D eigenvalue weighted by molar-refractivity contribution is 6.00. The van der Waals surface area contributed by atoms with E-state index in [0.29, 0.717) is 24.8 Å². The molecule has 6 rings (SSSR count). The van der Waals surface area contributed by atoms with Crippen molar-refractivity contribution in [1.29, 1.82) is 0 Å². The zero-order chi connectivity index (χ0) is 42.1. The lowest BCUT2D eigenvalue weighted by Gasteiger charge is -2.72. The average Bonchev–Trinajstić information content (AvgIpc) is 3.44. The molecule has 57 heavy (non-hydrogen) atoms. The molecule has 0 bridgehead atoms. The maximum absolute atomic E-state index is 14.3. The number of carbonyl (C=O) groups is 4. The maximum Gasteiger partial charge on any atom is 0.309 e. The molecule has 5 saturated carbocycles. The summed E-state index contributed by atoms with van der Waals surface area (Å²) in [6, 6.07) is 0. The number of aliphatic hydroxyl groups is 1. The molecule has 2 N–H and O–H groups in total. The van der Waals surface area contributed by atoms with E-state index in [9.17, 15) is 29.4 Å². The summed E-state index contributed by atoms with van der Waals surface area (Å²) in [6.45, 7) is 21.2. The van der Waals surface area contributed by atoms with Crippen LogP contribution in [-0.4, -0.2) is 89.6 Å². The Balaban J connectivity index is 1.29. The number of aliphatic carboxylic acids is 1. The quantitative estimate of drug-likeness (QED) is 0.188. The molecule has 0 heterocycles. The van der Waals surface area contributed by atoms with Crippen LogP contribution in [0.5, 0.6) is 0 Å². The van der Waals surface area contributed by atoms with Crippen molar-refractivity contribution >= 4 is 23.6 Å². The van der Waals surface area contributed by atoms with E-state index in [-0.39, 0.29) is 70.2 Å².